The van der Waals surface area contributed by atoms with E-state index in [-0.39, 0.29) is 35.9 Å². The van der Waals surface area contributed by atoms with E-state index in [2.05, 4.69) is 10.4 Å². The van der Waals surface area contributed by atoms with Gasteiger partial charge in [-0.25, -0.2) is 0 Å². The minimum atomic E-state index is -0.607. The van der Waals surface area contributed by atoms with Crippen LogP contribution in [0.15, 0.2) is 42.5 Å². The largest absolute Gasteiger partial charge is 0.457 e. The summed E-state index contributed by atoms with van der Waals surface area (Å²) in [5, 5.41) is 28.6. The molecule has 0 saturated carbocycles. The number of nitrogens with zero attached hydrogens (tertiary/aromatic N) is 4. The first-order valence-electron chi connectivity index (χ1n) is 9.65. The highest BCUT2D eigenvalue weighted by Crippen LogP contribution is 2.30. The fourth-order valence-electron chi connectivity index (χ4n) is 3.19. The number of hydrogen-bond donors (Lipinski definition) is 1. The van der Waals surface area contributed by atoms with Crippen molar-refractivity contribution in [1.82, 2.24) is 9.78 Å². The molecule has 1 amide bonds. The lowest BCUT2D eigenvalue weighted by Crippen LogP contribution is -2.15. The van der Waals surface area contributed by atoms with Gasteiger partial charge in [-0.05, 0) is 49.0 Å². The lowest BCUT2D eigenvalue weighted by molar-refractivity contribution is -0.389. The molecule has 0 radical (unpaired) electrons. The van der Waals surface area contributed by atoms with Gasteiger partial charge in [0, 0.05) is 18.6 Å². The van der Waals surface area contributed by atoms with Crippen LogP contribution in [0.3, 0.4) is 0 Å². The van der Waals surface area contributed by atoms with Crippen LogP contribution in [-0.4, -0.2) is 25.5 Å². The average Bonchev–Trinajstić information content (AvgIpc) is 3.06. The van der Waals surface area contributed by atoms with E-state index in [0.717, 1.165) is 11.1 Å². The molecule has 0 aliphatic heterocycles. The number of aryl methyl sites for hydroxylation is 4. The van der Waals surface area contributed by atoms with Crippen molar-refractivity contribution in [2.24, 2.45) is 0 Å². The molecule has 0 aliphatic carbocycles. The van der Waals surface area contributed by atoms with Gasteiger partial charge in [-0.2, -0.15) is 4.68 Å². The number of amides is 1. The summed E-state index contributed by atoms with van der Waals surface area (Å²) in [5.41, 5.74) is 2.47. The smallest absolute Gasteiger partial charge is 0.390 e. The number of carbonyl (C=O) groups is 1. The Kier molecular flexibility index (Phi) is 6.47. The van der Waals surface area contributed by atoms with Gasteiger partial charge in [0.2, 0.25) is 5.91 Å². The van der Waals surface area contributed by atoms with Crippen LogP contribution in [0, 0.1) is 41.0 Å². The van der Waals surface area contributed by atoms with E-state index in [1.807, 2.05) is 19.9 Å². The van der Waals surface area contributed by atoms with Gasteiger partial charge in [0.25, 0.3) is 5.69 Å². The highest BCUT2D eigenvalue weighted by molar-refractivity contribution is 5.91. The second-order valence-electron chi connectivity index (χ2n) is 7.32. The SMILES string of the molecule is Cc1cc(C)cc(Oc2cc(NC(=O)CCn3nc([N+](=O)[O-])cc3C)cc([N+](=O)[O-])c2)c1. The molecule has 1 heterocycles. The molecule has 11 heteroatoms. The van der Waals surface area contributed by atoms with Crippen LogP contribution in [0.2, 0.25) is 0 Å². The maximum atomic E-state index is 12.4. The number of nitro groups is 2. The fraction of sp³-hybridized carbons (Fsp3) is 0.238. The summed E-state index contributed by atoms with van der Waals surface area (Å²) >= 11 is 0. The van der Waals surface area contributed by atoms with Crippen molar-refractivity contribution < 1.29 is 19.4 Å². The third-order valence-electron chi connectivity index (χ3n) is 4.52. The van der Waals surface area contributed by atoms with Crippen LogP contribution in [0.25, 0.3) is 0 Å². The van der Waals surface area contributed by atoms with Crippen LogP contribution in [0.4, 0.5) is 17.2 Å². The number of carbonyl (C=O) groups excluding carboxylic acids is 1. The van der Waals surface area contributed by atoms with Gasteiger partial charge < -0.3 is 20.2 Å². The Hall–Kier alpha value is -4.28. The average molecular weight is 439 g/mol. The number of non-ortho nitro benzene ring substituents is 1. The summed E-state index contributed by atoms with van der Waals surface area (Å²) in [6.07, 6.45) is -0.0321. The molecule has 3 rings (SSSR count). The number of rotatable bonds is 8. The molecule has 2 aromatic carbocycles. The number of hydrogen-bond acceptors (Lipinski definition) is 7. The number of anilines is 1. The summed E-state index contributed by atoms with van der Waals surface area (Å²) in [5.74, 6) is 0.00393. The zero-order valence-corrected chi connectivity index (χ0v) is 17.7. The van der Waals surface area contributed by atoms with Crippen molar-refractivity contribution in [3.05, 3.63) is 79.5 Å². The zero-order chi connectivity index (χ0) is 23.4. The van der Waals surface area contributed by atoms with E-state index in [1.165, 1.54) is 28.9 Å². The molecule has 0 bridgehead atoms. The zero-order valence-electron chi connectivity index (χ0n) is 17.7. The van der Waals surface area contributed by atoms with Crippen LogP contribution >= 0.6 is 0 Å². The highest BCUT2D eigenvalue weighted by atomic mass is 16.6. The predicted molar refractivity (Wildman–Crippen MR) is 116 cm³/mol. The molecule has 32 heavy (non-hydrogen) atoms. The van der Waals surface area contributed by atoms with Gasteiger partial charge in [0.15, 0.2) is 0 Å². The number of ether oxygens (including phenoxy) is 1. The number of aromatic nitrogens is 2. The second-order valence-corrected chi connectivity index (χ2v) is 7.32. The lowest BCUT2D eigenvalue weighted by Gasteiger charge is -2.10. The summed E-state index contributed by atoms with van der Waals surface area (Å²) in [4.78, 5) is 33.3. The summed E-state index contributed by atoms with van der Waals surface area (Å²) < 4.78 is 7.15. The molecule has 0 atom stereocenters. The second kappa shape index (κ2) is 9.25. The number of nitrogens with one attached hydrogen (secondary N) is 1. The van der Waals surface area contributed by atoms with Crippen LogP contribution in [0.1, 0.15) is 23.2 Å². The molecule has 0 fully saturated rings. The molecule has 0 unspecified atom stereocenters. The van der Waals surface area contributed by atoms with Crippen molar-refractivity contribution in [3.63, 3.8) is 0 Å². The minimum absolute atomic E-state index is 0.0321. The predicted octanol–water partition coefficient (Wildman–Crippen LogP) is 4.45. The highest BCUT2D eigenvalue weighted by Gasteiger charge is 2.17. The van der Waals surface area contributed by atoms with E-state index in [0.29, 0.717) is 11.4 Å². The van der Waals surface area contributed by atoms with E-state index in [4.69, 9.17) is 4.74 Å². The van der Waals surface area contributed by atoms with Gasteiger partial charge in [-0.1, -0.05) is 6.07 Å². The van der Waals surface area contributed by atoms with Crippen molar-refractivity contribution >= 4 is 23.1 Å². The fourth-order valence-corrected chi connectivity index (χ4v) is 3.19. The Labute approximate surface area is 182 Å². The Bertz CT molecular complexity index is 1180. The molecular weight excluding hydrogens is 418 g/mol. The Balaban J connectivity index is 1.74. The molecule has 1 N–H and O–H groups in total. The minimum Gasteiger partial charge on any atom is -0.457 e. The third-order valence-corrected chi connectivity index (χ3v) is 4.52. The Morgan fingerprint density at radius 3 is 2.22 bits per heavy atom. The summed E-state index contributed by atoms with van der Waals surface area (Å²) in [7, 11) is 0. The molecule has 0 spiro atoms. The van der Waals surface area contributed by atoms with Crippen LogP contribution in [0.5, 0.6) is 11.5 Å². The van der Waals surface area contributed by atoms with Gasteiger partial charge in [0.05, 0.1) is 40.1 Å². The molecule has 11 nitrogen and oxygen atoms in total. The normalized spacial score (nSPS) is 10.6. The molecule has 166 valence electrons. The van der Waals surface area contributed by atoms with Crippen molar-refractivity contribution in [2.75, 3.05) is 5.32 Å². The van der Waals surface area contributed by atoms with Crippen molar-refractivity contribution in [3.8, 4) is 11.5 Å². The maximum Gasteiger partial charge on any atom is 0.390 e. The van der Waals surface area contributed by atoms with Gasteiger partial charge in [-0.15, -0.1) is 0 Å². The first-order chi connectivity index (χ1) is 15.1. The first kappa shape index (κ1) is 22.4. The number of nitro benzene ring substituents is 1. The monoisotopic (exact) mass is 439 g/mol. The topological polar surface area (TPSA) is 142 Å². The van der Waals surface area contributed by atoms with Crippen molar-refractivity contribution in [1.29, 1.82) is 0 Å². The van der Waals surface area contributed by atoms with Crippen molar-refractivity contribution in [2.45, 2.75) is 33.7 Å². The quantitative estimate of drug-likeness (QED) is 0.403. The van der Waals surface area contributed by atoms with Gasteiger partial charge >= 0.3 is 5.82 Å². The van der Waals surface area contributed by atoms with Gasteiger partial charge in [0.1, 0.15) is 11.5 Å². The summed E-state index contributed by atoms with van der Waals surface area (Å²) in [6.45, 7) is 5.59. The standard InChI is InChI=1S/C21H21N5O6/c1-13-6-14(2)8-18(7-13)32-19-11-16(10-17(12-19)25(28)29)22-21(27)4-5-24-15(3)9-20(23-24)26(30)31/h6-12H,4-5H2,1-3H3,(H,22,27). The third kappa shape index (κ3) is 5.65. The molecule has 0 saturated heterocycles. The van der Waals surface area contributed by atoms with E-state index in [1.54, 1.807) is 19.1 Å². The Morgan fingerprint density at radius 2 is 1.62 bits per heavy atom. The molecule has 1 aromatic heterocycles. The molecule has 3 aromatic rings. The van der Waals surface area contributed by atoms with Crippen LogP contribution in [-0.2, 0) is 11.3 Å². The maximum absolute atomic E-state index is 12.4. The van der Waals surface area contributed by atoms with E-state index < -0.39 is 15.8 Å². The molecule has 0 aliphatic rings. The van der Waals surface area contributed by atoms with Gasteiger partial charge in [-0.3, -0.25) is 14.9 Å². The Morgan fingerprint density at radius 1 is 0.969 bits per heavy atom. The summed E-state index contributed by atoms with van der Waals surface area (Å²) in [6, 6.07) is 10.9. The van der Waals surface area contributed by atoms with E-state index >= 15 is 0 Å². The number of benzene rings is 2. The lowest BCUT2D eigenvalue weighted by atomic mass is 10.1. The van der Waals surface area contributed by atoms with Crippen LogP contribution < -0.4 is 10.1 Å². The first-order valence-corrected chi connectivity index (χ1v) is 9.65. The van der Waals surface area contributed by atoms with E-state index in [9.17, 15) is 25.0 Å². The molecular formula is C21H21N5O6.